The molecule has 0 radical (unpaired) electrons. The van der Waals surface area contributed by atoms with Crippen LogP contribution in [-0.4, -0.2) is 28.8 Å². The molecule has 8 heteroatoms. The fourth-order valence-electron chi connectivity index (χ4n) is 24.0. The molecule has 0 saturated heterocycles. The van der Waals surface area contributed by atoms with E-state index >= 15 is 0 Å². The molecule has 5 aromatic heterocycles. The summed E-state index contributed by atoms with van der Waals surface area (Å²) >= 11 is 0. The lowest BCUT2D eigenvalue weighted by Crippen LogP contribution is -2.38. The van der Waals surface area contributed by atoms with E-state index in [1.807, 2.05) is 6.07 Å². The zero-order chi connectivity index (χ0) is 89.5. The monoisotopic (exact) mass is 1720 g/mol. The SMILES string of the molecule is CC1(C)c2ccccc2-c2ccc(-n3c4ccccc4c4cc(-c5ccc6c(c5)c5cc(-c7ccc8c(c7)c7ccccc7n8-c7ccc8c(c7)C(C)(C)c7ccccc7-8)ccc5n6C(=N)NC(c5ccccc5)C(N)c5ccc(-c6cccc(-n7c8ccccc8c8cc(-c9ccc%10c(c9)c9ccccc9n%10-c9ccc%10c(c9)C(C)(C)c9ccccc9-%10)ccc87)c6)cc5)ccc43)cc21. The maximum atomic E-state index is 10.6. The molecule has 636 valence electrons. The van der Waals surface area contributed by atoms with Gasteiger partial charge in [0.05, 0.1) is 67.3 Å². The Balaban J connectivity index is 0.528. The lowest BCUT2D eigenvalue weighted by molar-refractivity contribution is 0.519. The topological polar surface area (TPSA) is 86.6 Å². The van der Waals surface area contributed by atoms with Crippen LogP contribution in [0.3, 0.4) is 0 Å². The third-order valence-corrected chi connectivity index (χ3v) is 30.7. The molecule has 2 unspecified atom stereocenters. The Kier molecular flexibility index (Phi) is 16.7. The number of hydrogen-bond acceptors (Lipinski definition) is 2. The summed E-state index contributed by atoms with van der Waals surface area (Å²) in [5.74, 6) is 0.217. The van der Waals surface area contributed by atoms with Crippen molar-refractivity contribution in [3.63, 3.8) is 0 Å². The minimum atomic E-state index is -0.573. The lowest BCUT2D eigenvalue weighted by atomic mass is 9.82. The van der Waals surface area contributed by atoms with Crippen LogP contribution in [0.15, 0.2) is 413 Å². The second-order valence-corrected chi connectivity index (χ2v) is 38.9. The van der Waals surface area contributed by atoms with Crippen LogP contribution < -0.4 is 11.1 Å². The molecular formula is C126H92N8. The minimum absolute atomic E-state index is 0.110. The van der Waals surface area contributed by atoms with Gasteiger partial charge in [0.1, 0.15) is 0 Å². The molecule has 0 aliphatic heterocycles. The molecule has 0 amide bonds. The largest absolute Gasteiger partial charge is 0.347 e. The smallest absolute Gasteiger partial charge is 0.200 e. The predicted molar refractivity (Wildman–Crippen MR) is 560 cm³/mol. The maximum Gasteiger partial charge on any atom is 0.200 e. The number of para-hydroxylation sites is 4. The van der Waals surface area contributed by atoms with Crippen molar-refractivity contribution in [3.05, 3.63) is 457 Å². The van der Waals surface area contributed by atoms with E-state index in [4.69, 9.17) is 5.73 Å². The summed E-state index contributed by atoms with van der Waals surface area (Å²) in [5, 5.41) is 26.2. The van der Waals surface area contributed by atoms with Crippen molar-refractivity contribution in [2.24, 2.45) is 5.73 Å². The van der Waals surface area contributed by atoms with Gasteiger partial charge in [-0.1, -0.05) is 308 Å². The number of nitrogens with two attached hydrogens (primary N) is 1. The van der Waals surface area contributed by atoms with Crippen molar-refractivity contribution in [3.8, 4) is 101 Å². The fourth-order valence-corrected chi connectivity index (χ4v) is 24.0. The Morgan fingerprint density at radius 2 is 0.500 bits per heavy atom. The third-order valence-electron chi connectivity index (χ3n) is 30.7. The molecule has 19 aromatic carbocycles. The highest BCUT2D eigenvalue weighted by atomic mass is 15.2. The van der Waals surface area contributed by atoms with Crippen molar-refractivity contribution in [2.45, 2.75) is 69.9 Å². The molecule has 5 heterocycles. The average molecular weight is 1720 g/mol. The minimum Gasteiger partial charge on any atom is -0.347 e. The van der Waals surface area contributed by atoms with E-state index in [1.54, 1.807) is 0 Å². The highest BCUT2D eigenvalue weighted by Gasteiger charge is 2.40. The number of rotatable bonds is 12. The summed E-state index contributed by atoms with van der Waals surface area (Å²) in [4.78, 5) is 0. The second kappa shape index (κ2) is 28.8. The molecule has 2 atom stereocenters. The van der Waals surface area contributed by atoms with E-state index in [2.05, 4.69) is 476 Å². The van der Waals surface area contributed by atoms with Gasteiger partial charge in [-0.15, -0.1) is 0 Å². The first-order valence-electron chi connectivity index (χ1n) is 46.9. The molecule has 0 saturated carbocycles. The molecule has 8 nitrogen and oxygen atoms in total. The van der Waals surface area contributed by atoms with E-state index in [0.717, 1.165) is 105 Å². The molecule has 134 heavy (non-hydrogen) atoms. The second-order valence-electron chi connectivity index (χ2n) is 38.9. The molecule has 0 bridgehead atoms. The molecule has 3 aliphatic rings. The normalized spacial score (nSPS) is 14.2. The average Bonchev–Trinajstić information content (AvgIpc) is 1.57. The van der Waals surface area contributed by atoms with Crippen LogP contribution in [0.5, 0.6) is 0 Å². The summed E-state index contributed by atoms with van der Waals surface area (Å²) in [6.07, 6.45) is 0. The Hall–Kier alpha value is -16.4. The van der Waals surface area contributed by atoms with E-state index in [1.165, 1.54) is 149 Å². The van der Waals surface area contributed by atoms with E-state index < -0.39 is 12.1 Å². The standard InChI is InChI=1S/C126H92N8/c1-124(2)105-36-17-10-29-89(105)92-56-53-86(72-108(92)124)131-112-40-21-14-33-96(112)100-67-80(48-60-116(100)131)79-47-59-115-99(66-79)95-32-13-20-39-111(95)130(115)85-28-24-27-78(65-85)75-43-45-76(46-44-75)121(127)122(77-25-8-7-9-26-77)129-123(128)134-119-63-51-83(81-49-61-117-101(68-81)97-34-15-22-41-113(97)132(117)87-54-57-93-90-30-11-18-37-106(90)125(3,4)109(93)73-87)70-103(119)104-71-84(52-64-120(104)134)82-50-62-118-102(69-82)98-35-16-23-42-114(98)133(118)88-55-58-94-91-31-12-19-38-107(91)126(5,6)110(94)74-88/h7-74,121-122H,127H2,1-6H3,(H2,128,129). The van der Waals surface area contributed by atoms with Gasteiger partial charge < -0.3 is 29.3 Å². The van der Waals surface area contributed by atoms with Crippen molar-refractivity contribution in [1.29, 1.82) is 5.41 Å². The van der Waals surface area contributed by atoms with Crippen LogP contribution in [-0.2, 0) is 16.2 Å². The first-order chi connectivity index (χ1) is 65.5. The van der Waals surface area contributed by atoms with Gasteiger partial charge in [-0.05, 0) is 268 Å². The van der Waals surface area contributed by atoms with Crippen molar-refractivity contribution >= 4 is 115 Å². The molecule has 0 fully saturated rings. The third kappa shape index (κ3) is 11.4. The van der Waals surface area contributed by atoms with E-state index in [0.29, 0.717) is 0 Å². The van der Waals surface area contributed by atoms with Gasteiger partial charge in [0.2, 0.25) is 5.96 Å². The quantitative estimate of drug-likeness (QED) is 0.0841. The van der Waals surface area contributed by atoms with Gasteiger partial charge in [0.15, 0.2) is 0 Å². The molecule has 3 aliphatic carbocycles. The lowest BCUT2D eigenvalue weighted by Gasteiger charge is -2.28. The van der Waals surface area contributed by atoms with Gasteiger partial charge in [-0.25, -0.2) is 0 Å². The molecule has 27 rings (SSSR count). The van der Waals surface area contributed by atoms with Crippen molar-refractivity contribution in [1.82, 2.24) is 28.2 Å². The van der Waals surface area contributed by atoms with Crippen LogP contribution in [0.2, 0.25) is 0 Å². The Morgan fingerprint density at radius 1 is 0.224 bits per heavy atom. The summed E-state index contributed by atoms with van der Waals surface area (Å²) in [6, 6.07) is 152. The van der Waals surface area contributed by atoms with Crippen molar-refractivity contribution < 1.29 is 0 Å². The van der Waals surface area contributed by atoms with Gasteiger partial charge in [0, 0.05) is 92.9 Å². The number of nitrogens with zero attached hydrogens (tertiary/aromatic N) is 5. The van der Waals surface area contributed by atoms with Gasteiger partial charge in [-0.3, -0.25) is 9.98 Å². The highest BCUT2D eigenvalue weighted by molar-refractivity contribution is 6.18. The van der Waals surface area contributed by atoms with Crippen LogP contribution in [0.25, 0.3) is 210 Å². The summed E-state index contributed by atoms with van der Waals surface area (Å²) in [7, 11) is 0. The molecule has 0 spiro atoms. The molecule has 24 aromatic rings. The van der Waals surface area contributed by atoms with Gasteiger partial charge >= 0.3 is 0 Å². The predicted octanol–water partition coefficient (Wildman–Crippen LogP) is 31.6. The fraction of sp³-hybridized carbons (Fsp3) is 0.0873. The maximum absolute atomic E-state index is 10.6. The molecule has 4 N–H and O–H groups in total. The number of benzene rings is 19. The molecular weight excluding hydrogens is 1630 g/mol. The van der Waals surface area contributed by atoms with Gasteiger partial charge in [0.25, 0.3) is 0 Å². The number of nitrogens with one attached hydrogen (secondary N) is 2. The Labute approximate surface area is 776 Å². The zero-order valence-electron chi connectivity index (χ0n) is 75.2. The number of fused-ring (bicyclic) bond motifs is 24. The van der Waals surface area contributed by atoms with Crippen LogP contribution in [0.4, 0.5) is 0 Å². The number of aromatic nitrogens is 5. The highest BCUT2D eigenvalue weighted by Crippen LogP contribution is 2.55. The van der Waals surface area contributed by atoms with Crippen LogP contribution >= 0.6 is 0 Å². The summed E-state index contributed by atoms with van der Waals surface area (Å²) in [6.45, 7) is 14.2. The summed E-state index contributed by atoms with van der Waals surface area (Å²) in [5.41, 5.74) is 49.9. The Bertz CT molecular complexity index is 8910. The first kappa shape index (κ1) is 77.5. The van der Waals surface area contributed by atoms with E-state index in [-0.39, 0.29) is 22.2 Å². The number of hydrogen-bond donors (Lipinski definition) is 3. The first-order valence-corrected chi connectivity index (χ1v) is 46.9. The Morgan fingerprint density at radius 3 is 0.858 bits per heavy atom. The van der Waals surface area contributed by atoms with Crippen LogP contribution in [0.1, 0.15) is 98.1 Å². The van der Waals surface area contributed by atoms with Gasteiger partial charge in [-0.2, -0.15) is 0 Å². The zero-order valence-corrected chi connectivity index (χ0v) is 75.2. The van der Waals surface area contributed by atoms with Crippen LogP contribution in [0, 0.1) is 5.41 Å². The summed E-state index contributed by atoms with van der Waals surface area (Å²) < 4.78 is 11.9. The van der Waals surface area contributed by atoms with Crippen molar-refractivity contribution in [2.75, 3.05) is 0 Å². The van der Waals surface area contributed by atoms with E-state index in [9.17, 15) is 5.41 Å².